The van der Waals surface area contributed by atoms with Crippen molar-refractivity contribution in [1.82, 2.24) is 0 Å². The molecule has 0 bridgehead atoms. The van der Waals surface area contributed by atoms with Gasteiger partial charge >= 0.3 is 0 Å². The second kappa shape index (κ2) is 5.69. The van der Waals surface area contributed by atoms with Gasteiger partial charge in [0.05, 0.1) is 6.61 Å². The summed E-state index contributed by atoms with van der Waals surface area (Å²) in [6.45, 7) is 2.63. The molecule has 1 aromatic heterocycles. The second-order valence-corrected chi connectivity index (χ2v) is 5.10. The van der Waals surface area contributed by atoms with Crippen LogP contribution in [0.15, 0.2) is 35.7 Å². The van der Waals surface area contributed by atoms with Gasteiger partial charge in [0.2, 0.25) is 0 Å². The summed E-state index contributed by atoms with van der Waals surface area (Å²) in [5.41, 5.74) is 7.18. The maximum absolute atomic E-state index is 7.37. The van der Waals surface area contributed by atoms with Crippen molar-refractivity contribution in [2.75, 3.05) is 6.61 Å². The Labute approximate surface area is 111 Å². The minimum Gasteiger partial charge on any atom is -0.493 e. The van der Waals surface area contributed by atoms with Crippen molar-refractivity contribution < 1.29 is 4.74 Å². The molecule has 3 N–H and O–H groups in total. The zero-order chi connectivity index (χ0) is 13.0. The van der Waals surface area contributed by atoms with Gasteiger partial charge in [-0.3, -0.25) is 5.41 Å². The number of benzene rings is 1. The first-order chi connectivity index (χ1) is 8.66. The van der Waals surface area contributed by atoms with Crippen LogP contribution in [-0.4, -0.2) is 12.4 Å². The molecule has 4 heteroatoms. The second-order valence-electron chi connectivity index (χ2n) is 4.07. The van der Waals surface area contributed by atoms with E-state index in [0.717, 1.165) is 23.3 Å². The maximum Gasteiger partial charge on any atom is 0.122 e. The molecular weight excluding hydrogens is 244 g/mol. The van der Waals surface area contributed by atoms with Crippen LogP contribution in [0.3, 0.4) is 0 Å². The first-order valence-corrected chi connectivity index (χ1v) is 6.65. The molecule has 1 heterocycles. The molecular formula is C14H16N2OS. The Morgan fingerprint density at radius 1 is 1.39 bits per heavy atom. The first kappa shape index (κ1) is 12.6. The van der Waals surface area contributed by atoms with Crippen molar-refractivity contribution in [2.45, 2.75) is 13.3 Å². The topological polar surface area (TPSA) is 59.1 Å². The van der Waals surface area contributed by atoms with Crippen LogP contribution in [-0.2, 0) is 6.42 Å². The Bertz CT molecular complexity index is 535. The zero-order valence-electron chi connectivity index (χ0n) is 10.3. The Morgan fingerprint density at radius 3 is 2.83 bits per heavy atom. The average molecular weight is 260 g/mol. The van der Waals surface area contributed by atoms with Crippen molar-refractivity contribution in [1.29, 1.82) is 5.41 Å². The fraction of sp³-hybridized carbons (Fsp3) is 0.214. The van der Waals surface area contributed by atoms with E-state index in [1.54, 1.807) is 11.3 Å². The summed E-state index contributed by atoms with van der Waals surface area (Å²) in [5.74, 6) is 0.944. The van der Waals surface area contributed by atoms with E-state index in [1.165, 1.54) is 4.88 Å². The Balaban J connectivity index is 1.95. The molecule has 1 aromatic carbocycles. The van der Waals surface area contributed by atoms with E-state index in [-0.39, 0.29) is 5.84 Å². The molecule has 18 heavy (non-hydrogen) atoms. The number of nitrogens with two attached hydrogens (primary N) is 1. The lowest BCUT2D eigenvalue weighted by molar-refractivity contribution is 0.321. The number of nitrogens with one attached hydrogen (secondary N) is 1. The average Bonchev–Trinajstić information content (AvgIpc) is 2.84. The molecule has 0 radical (unpaired) electrons. The number of hydrogen-bond donors (Lipinski definition) is 2. The van der Waals surface area contributed by atoms with E-state index in [9.17, 15) is 0 Å². The minimum absolute atomic E-state index is 0.0863. The Hall–Kier alpha value is -1.81. The van der Waals surface area contributed by atoms with Crippen molar-refractivity contribution in [3.63, 3.8) is 0 Å². The molecule has 3 nitrogen and oxygen atoms in total. The zero-order valence-corrected chi connectivity index (χ0v) is 11.1. The van der Waals surface area contributed by atoms with E-state index < -0.39 is 0 Å². The van der Waals surface area contributed by atoms with E-state index in [4.69, 9.17) is 15.9 Å². The molecule has 0 saturated carbocycles. The van der Waals surface area contributed by atoms with Gasteiger partial charge < -0.3 is 10.5 Å². The van der Waals surface area contributed by atoms with Crippen LogP contribution in [0.5, 0.6) is 5.75 Å². The summed E-state index contributed by atoms with van der Waals surface area (Å²) >= 11 is 1.74. The smallest absolute Gasteiger partial charge is 0.122 e. The van der Waals surface area contributed by atoms with Gasteiger partial charge in [0, 0.05) is 16.9 Å². The quantitative estimate of drug-likeness (QED) is 0.641. The van der Waals surface area contributed by atoms with Gasteiger partial charge in [-0.1, -0.05) is 6.07 Å². The van der Waals surface area contributed by atoms with Gasteiger partial charge in [-0.25, -0.2) is 0 Å². The van der Waals surface area contributed by atoms with E-state index in [1.807, 2.05) is 31.2 Å². The minimum atomic E-state index is 0.0863. The van der Waals surface area contributed by atoms with Crippen LogP contribution in [0.25, 0.3) is 0 Å². The number of rotatable bonds is 5. The van der Waals surface area contributed by atoms with Crippen LogP contribution in [0.4, 0.5) is 0 Å². The summed E-state index contributed by atoms with van der Waals surface area (Å²) in [4.78, 5) is 1.33. The van der Waals surface area contributed by atoms with Crippen LogP contribution >= 0.6 is 11.3 Å². The predicted molar refractivity (Wildman–Crippen MR) is 75.7 cm³/mol. The van der Waals surface area contributed by atoms with E-state index in [0.29, 0.717) is 6.61 Å². The van der Waals surface area contributed by atoms with Crippen LogP contribution in [0, 0.1) is 12.3 Å². The van der Waals surface area contributed by atoms with Crippen LogP contribution < -0.4 is 10.5 Å². The molecule has 0 aliphatic rings. The first-order valence-electron chi connectivity index (χ1n) is 5.77. The Kier molecular flexibility index (Phi) is 3.99. The summed E-state index contributed by atoms with van der Waals surface area (Å²) in [6.07, 6.45) is 0.922. The lowest BCUT2D eigenvalue weighted by Gasteiger charge is -2.09. The number of hydrogen-bond acceptors (Lipinski definition) is 3. The molecule has 2 rings (SSSR count). The summed E-state index contributed by atoms with van der Waals surface area (Å²) < 4.78 is 5.74. The fourth-order valence-corrected chi connectivity index (χ4v) is 2.39. The Morgan fingerprint density at radius 2 is 2.22 bits per heavy atom. The van der Waals surface area contributed by atoms with Gasteiger partial charge in [0.1, 0.15) is 11.6 Å². The molecule has 94 valence electrons. The number of amidine groups is 1. The SMILES string of the molecule is Cc1cc(C(=N)N)ccc1OCCc1cccs1. The highest BCUT2D eigenvalue weighted by Gasteiger charge is 2.03. The molecule has 0 atom stereocenters. The molecule has 0 aliphatic carbocycles. The molecule has 0 amide bonds. The van der Waals surface area contributed by atoms with Crippen molar-refractivity contribution in [3.8, 4) is 5.75 Å². The van der Waals surface area contributed by atoms with Gasteiger partial charge in [-0.2, -0.15) is 0 Å². The van der Waals surface area contributed by atoms with Crippen LogP contribution in [0.1, 0.15) is 16.0 Å². The molecule has 0 unspecified atom stereocenters. The molecule has 0 spiro atoms. The fourth-order valence-electron chi connectivity index (χ4n) is 1.70. The third kappa shape index (κ3) is 3.11. The summed E-state index contributed by atoms with van der Waals surface area (Å²) in [6, 6.07) is 9.73. The molecule has 0 aliphatic heterocycles. The molecule has 0 fully saturated rings. The van der Waals surface area contributed by atoms with Crippen molar-refractivity contribution in [2.24, 2.45) is 5.73 Å². The third-order valence-corrected chi connectivity index (χ3v) is 3.61. The van der Waals surface area contributed by atoms with Gasteiger partial charge in [0.25, 0.3) is 0 Å². The van der Waals surface area contributed by atoms with Gasteiger partial charge in [-0.15, -0.1) is 11.3 Å². The molecule has 2 aromatic rings. The monoisotopic (exact) mass is 260 g/mol. The van der Waals surface area contributed by atoms with E-state index in [2.05, 4.69) is 11.4 Å². The number of aryl methyl sites for hydroxylation is 1. The number of thiophene rings is 1. The highest BCUT2D eigenvalue weighted by molar-refractivity contribution is 7.09. The predicted octanol–water partition coefficient (Wildman–Crippen LogP) is 2.96. The standard InChI is InChI=1S/C14H16N2OS/c1-10-9-11(14(15)16)4-5-13(10)17-7-6-12-3-2-8-18-12/h2-5,8-9H,6-7H2,1H3,(H3,15,16). The third-order valence-electron chi connectivity index (χ3n) is 2.67. The lowest BCUT2D eigenvalue weighted by Crippen LogP contribution is -2.11. The highest BCUT2D eigenvalue weighted by Crippen LogP contribution is 2.19. The van der Waals surface area contributed by atoms with Gasteiger partial charge in [-0.05, 0) is 42.1 Å². The summed E-state index contributed by atoms with van der Waals surface area (Å²) in [5, 5.41) is 9.45. The molecule has 0 saturated heterocycles. The van der Waals surface area contributed by atoms with Crippen LogP contribution in [0.2, 0.25) is 0 Å². The normalized spacial score (nSPS) is 10.3. The van der Waals surface area contributed by atoms with Crippen molar-refractivity contribution >= 4 is 17.2 Å². The number of ether oxygens (including phenoxy) is 1. The van der Waals surface area contributed by atoms with Gasteiger partial charge in [0.15, 0.2) is 0 Å². The maximum atomic E-state index is 7.37. The lowest BCUT2D eigenvalue weighted by atomic mass is 10.1. The number of nitrogen functional groups attached to an aromatic ring is 1. The largest absolute Gasteiger partial charge is 0.493 e. The van der Waals surface area contributed by atoms with E-state index >= 15 is 0 Å². The highest BCUT2D eigenvalue weighted by atomic mass is 32.1. The summed E-state index contributed by atoms with van der Waals surface area (Å²) in [7, 11) is 0. The van der Waals surface area contributed by atoms with Crippen molar-refractivity contribution in [3.05, 3.63) is 51.7 Å².